The Labute approximate surface area is 232 Å². The van der Waals surface area contributed by atoms with E-state index in [1.54, 1.807) is 12.4 Å². The lowest BCUT2D eigenvalue weighted by Gasteiger charge is -2.54. The van der Waals surface area contributed by atoms with Gasteiger partial charge in [0.2, 0.25) is 0 Å². The minimum absolute atomic E-state index is 0.177. The van der Waals surface area contributed by atoms with E-state index in [1.807, 2.05) is 45.6 Å². The minimum atomic E-state index is -0.973. The maximum Gasteiger partial charge on any atom is 0.407 e. The Morgan fingerprint density at radius 2 is 1.80 bits per heavy atom. The number of anilines is 4. The molecule has 0 unspecified atom stereocenters. The van der Waals surface area contributed by atoms with Gasteiger partial charge in [0.25, 0.3) is 0 Å². The smallest absolute Gasteiger partial charge is 0.407 e. The first-order chi connectivity index (χ1) is 18.9. The standard InChI is InChI=1S/C29H36F2N6O3/c1-18-25(33-20-14-21(16-32-15-20)35-8-10-40-11-9-35)24-22(31)12-19(30)13-23(24)34-26(18)36-6-7-37(27(38)39)29(5,17-36)28(2,3)4/h12-16H,6-11,17H2,1-5H3,(H,33,34)(H,38,39)/t29-/m0/s1. The van der Waals surface area contributed by atoms with Crippen LogP contribution in [0.15, 0.2) is 30.6 Å². The maximum absolute atomic E-state index is 15.3. The Morgan fingerprint density at radius 3 is 2.48 bits per heavy atom. The number of rotatable bonds is 4. The second-order valence-corrected chi connectivity index (χ2v) is 11.8. The lowest BCUT2D eigenvalue weighted by Crippen LogP contribution is -2.67. The number of halogens is 2. The second-order valence-electron chi connectivity index (χ2n) is 11.8. The largest absolute Gasteiger partial charge is 0.465 e. The molecule has 5 rings (SSSR count). The highest BCUT2D eigenvalue weighted by atomic mass is 19.1. The summed E-state index contributed by atoms with van der Waals surface area (Å²) in [5, 5.41) is 13.5. The van der Waals surface area contributed by atoms with Crippen molar-refractivity contribution in [3.63, 3.8) is 0 Å². The molecule has 3 aromatic rings. The van der Waals surface area contributed by atoms with Crippen molar-refractivity contribution < 1.29 is 23.4 Å². The van der Waals surface area contributed by atoms with Gasteiger partial charge < -0.3 is 25.0 Å². The molecule has 40 heavy (non-hydrogen) atoms. The maximum atomic E-state index is 15.3. The van der Waals surface area contributed by atoms with E-state index >= 15 is 4.39 Å². The molecule has 0 spiro atoms. The van der Waals surface area contributed by atoms with Crippen molar-refractivity contribution in [1.29, 1.82) is 0 Å². The van der Waals surface area contributed by atoms with Gasteiger partial charge in [-0.05, 0) is 25.3 Å². The van der Waals surface area contributed by atoms with Gasteiger partial charge in [0.05, 0.1) is 59.1 Å². The lowest BCUT2D eigenvalue weighted by molar-refractivity contribution is 0.00727. The molecule has 0 saturated carbocycles. The van der Waals surface area contributed by atoms with Crippen LogP contribution in [0.1, 0.15) is 33.3 Å². The summed E-state index contributed by atoms with van der Waals surface area (Å²) in [7, 11) is 0. The van der Waals surface area contributed by atoms with Crippen LogP contribution in [0.5, 0.6) is 0 Å². The van der Waals surface area contributed by atoms with E-state index in [0.29, 0.717) is 49.1 Å². The minimum Gasteiger partial charge on any atom is -0.465 e. The average molecular weight is 555 g/mol. The summed E-state index contributed by atoms with van der Waals surface area (Å²) in [6, 6.07) is 4.04. The number of carboxylic acid groups (broad SMARTS) is 1. The van der Waals surface area contributed by atoms with Crippen molar-refractivity contribution in [2.24, 2.45) is 5.41 Å². The number of hydrogen-bond acceptors (Lipinski definition) is 7. The SMILES string of the molecule is Cc1c(N2CCN(C(=O)O)[C@](C)(C(C)(C)C)C2)nc2cc(F)cc(F)c2c1Nc1cncc(N2CCOCC2)c1. The first-order valence-electron chi connectivity index (χ1n) is 13.5. The fourth-order valence-corrected chi connectivity index (χ4v) is 5.63. The summed E-state index contributed by atoms with van der Waals surface area (Å²) in [6.45, 7) is 13.6. The Kier molecular flexibility index (Phi) is 7.20. The Bertz CT molecular complexity index is 1440. The number of aromatic nitrogens is 2. The average Bonchev–Trinajstić information content (AvgIpc) is 2.89. The van der Waals surface area contributed by atoms with E-state index in [1.165, 1.54) is 11.0 Å². The molecule has 9 nitrogen and oxygen atoms in total. The fraction of sp³-hybridized carbons (Fsp3) is 0.483. The van der Waals surface area contributed by atoms with Gasteiger partial charge >= 0.3 is 6.09 Å². The first-order valence-corrected chi connectivity index (χ1v) is 13.5. The predicted molar refractivity (Wildman–Crippen MR) is 152 cm³/mol. The number of piperazine rings is 1. The zero-order valence-corrected chi connectivity index (χ0v) is 23.6. The molecule has 1 amide bonds. The van der Waals surface area contributed by atoms with E-state index in [9.17, 15) is 14.3 Å². The van der Waals surface area contributed by atoms with Gasteiger partial charge in [0, 0.05) is 50.4 Å². The number of morpholine rings is 1. The molecule has 2 aliphatic rings. The third-order valence-corrected chi connectivity index (χ3v) is 8.42. The topological polar surface area (TPSA) is 94.1 Å². The summed E-state index contributed by atoms with van der Waals surface area (Å²) in [4.78, 5) is 27.0. The number of hydrogen-bond donors (Lipinski definition) is 2. The number of amides is 1. The van der Waals surface area contributed by atoms with E-state index in [0.717, 1.165) is 24.8 Å². The van der Waals surface area contributed by atoms with Gasteiger partial charge in [0.1, 0.15) is 17.5 Å². The molecule has 2 fully saturated rings. The molecule has 2 N–H and O–H groups in total. The van der Waals surface area contributed by atoms with Crippen molar-refractivity contribution in [1.82, 2.24) is 14.9 Å². The zero-order valence-electron chi connectivity index (χ0n) is 23.6. The van der Waals surface area contributed by atoms with Crippen LogP contribution in [0.25, 0.3) is 10.9 Å². The third-order valence-electron chi connectivity index (χ3n) is 8.42. The van der Waals surface area contributed by atoms with Gasteiger partial charge in [-0.15, -0.1) is 0 Å². The summed E-state index contributed by atoms with van der Waals surface area (Å²) in [5.74, 6) is -0.880. The van der Waals surface area contributed by atoms with Crippen LogP contribution in [-0.4, -0.2) is 77.5 Å². The number of pyridine rings is 2. The molecule has 214 valence electrons. The Balaban J connectivity index is 1.60. The van der Waals surface area contributed by atoms with Crippen LogP contribution in [0.2, 0.25) is 0 Å². The fourth-order valence-electron chi connectivity index (χ4n) is 5.63. The molecule has 0 aliphatic carbocycles. The second kappa shape index (κ2) is 10.3. The van der Waals surface area contributed by atoms with Crippen molar-refractivity contribution in [3.8, 4) is 0 Å². The molecule has 0 bridgehead atoms. The van der Waals surface area contributed by atoms with Crippen LogP contribution in [0.4, 0.5) is 36.5 Å². The highest BCUT2D eigenvalue weighted by molar-refractivity contribution is 5.98. The third kappa shape index (κ3) is 4.98. The van der Waals surface area contributed by atoms with E-state index < -0.39 is 23.3 Å². The summed E-state index contributed by atoms with van der Waals surface area (Å²) < 4.78 is 35.2. The van der Waals surface area contributed by atoms with Crippen LogP contribution < -0.4 is 15.1 Å². The van der Waals surface area contributed by atoms with Crippen LogP contribution in [-0.2, 0) is 4.74 Å². The highest BCUT2D eigenvalue weighted by Crippen LogP contribution is 2.42. The van der Waals surface area contributed by atoms with Crippen molar-refractivity contribution >= 4 is 39.9 Å². The van der Waals surface area contributed by atoms with Crippen LogP contribution in [0, 0.1) is 24.0 Å². The lowest BCUT2D eigenvalue weighted by atomic mass is 9.72. The van der Waals surface area contributed by atoms with Gasteiger partial charge in [0.15, 0.2) is 0 Å². The number of ether oxygens (including phenoxy) is 1. The molecule has 4 heterocycles. The molecule has 2 aliphatic heterocycles. The van der Waals surface area contributed by atoms with E-state index in [2.05, 4.69) is 15.2 Å². The van der Waals surface area contributed by atoms with Crippen molar-refractivity contribution in [2.75, 3.05) is 61.1 Å². The summed E-state index contributed by atoms with van der Waals surface area (Å²) in [6.07, 6.45) is 2.48. The quantitative estimate of drug-likeness (QED) is 0.443. The number of carbonyl (C=O) groups is 1. The highest BCUT2D eigenvalue weighted by Gasteiger charge is 2.49. The van der Waals surface area contributed by atoms with Gasteiger partial charge in [-0.25, -0.2) is 18.6 Å². The molecule has 0 radical (unpaired) electrons. The summed E-state index contributed by atoms with van der Waals surface area (Å²) >= 11 is 0. The number of benzene rings is 1. The normalized spacial score (nSPS) is 20.2. The molecular weight excluding hydrogens is 518 g/mol. The molecular formula is C29H36F2N6O3. The Hall–Kier alpha value is -3.73. The molecule has 1 aromatic carbocycles. The molecule has 11 heteroatoms. The van der Waals surface area contributed by atoms with Crippen LogP contribution >= 0.6 is 0 Å². The molecule has 1 atom stereocenters. The number of nitrogens with one attached hydrogen (secondary N) is 1. The van der Waals surface area contributed by atoms with Crippen molar-refractivity contribution in [2.45, 2.75) is 40.2 Å². The van der Waals surface area contributed by atoms with Gasteiger partial charge in [-0.1, -0.05) is 20.8 Å². The van der Waals surface area contributed by atoms with E-state index in [-0.39, 0.29) is 22.9 Å². The van der Waals surface area contributed by atoms with E-state index in [4.69, 9.17) is 9.72 Å². The Morgan fingerprint density at radius 1 is 1.07 bits per heavy atom. The van der Waals surface area contributed by atoms with Crippen LogP contribution in [0.3, 0.4) is 0 Å². The first kappa shape index (κ1) is 27.8. The van der Waals surface area contributed by atoms with Gasteiger partial charge in [-0.2, -0.15) is 0 Å². The van der Waals surface area contributed by atoms with Crippen molar-refractivity contribution in [3.05, 3.63) is 47.8 Å². The molecule has 2 saturated heterocycles. The van der Waals surface area contributed by atoms with Gasteiger partial charge in [-0.3, -0.25) is 9.88 Å². The molecule has 2 aromatic heterocycles. The number of fused-ring (bicyclic) bond motifs is 1. The number of nitrogens with zero attached hydrogens (tertiary/aromatic N) is 5. The summed E-state index contributed by atoms with van der Waals surface area (Å²) in [5.41, 5.74) is 1.77. The zero-order chi connectivity index (χ0) is 28.8. The predicted octanol–water partition coefficient (Wildman–Crippen LogP) is 5.40. The monoisotopic (exact) mass is 554 g/mol.